The van der Waals surface area contributed by atoms with Crippen LogP contribution < -0.4 is 0 Å². The van der Waals surface area contributed by atoms with E-state index in [9.17, 15) is 39.0 Å². The summed E-state index contributed by atoms with van der Waals surface area (Å²) in [6.07, 6.45) is -2.92. The summed E-state index contributed by atoms with van der Waals surface area (Å²) in [6.45, 7) is 0. The molecule has 0 amide bonds. The van der Waals surface area contributed by atoms with E-state index in [2.05, 4.69) is 0 Å². The van der Waals surface area contributed by atoms with Crippen molar-refractivity contribution in [3.63, 3.8) is 0 Å². The third kappa shape index (κ3) is 1.60. The Morgan fingerprint density at radius 1 is 0.625 bits per heavy atom. The van der Waals surface area contributed by atoms with E-state index in [1.807, 2.05) is 0 Å². The predicted molar refractivity (Wildman–Crippen MR) is 71.5 cm³/mol. The molecule has 9 heteroatoms. The van der Waals surface area contributed by atoms with Crippen molar-refractivity contribution in [2.24, 2.45) is 0 Å². The van der Waals surface area contributed by atoms with Gasteiger partial charge in [-0.15, -0.1) is 0 Å². The van der Waals surface area contributed by atoms with Crippen molar-refractivity contribution in [3.05, 3.63) is 0 Å². The van der Waals surface area contributed by atoms with Crippen LogP contribution >= 0.6 is 0 Å². The minimum atomic E-state index is -3.44. The van der Waals surface area contributed by atoms with E-state index in [1.165, 1.54) is 0 Å². The average molecular weight is 338 g/mol. The first-order valence-electron chi connectivity index (χ1n) is 7.45. The van der Waals surface area contributed by atoms with Crippen molar-refractivity contribution in [3.8, 4) is 0 Å². The van der Waals surface area contributed by atoms with Crippen LogP contribution in [0.1, 0.15) is 38.5 Å². The van der Waals surface area contributed by atoms with Gasteiger partial charge in [-0.3, -0.25) is 28.8 Å². The molecule has 9 nitrogen and oxygen atoms in total. The lowest BCUT2D eigenvalue weighted by molar-refractivity contribution is -0.238. The van der Waals surface area contributed by atoms with Crippen LogP contribution in [0, 0.1) is 0 Å². The van der Waals surface area contributed by atoms with Gasteiger partial charge in [-0.05, 0) is 0 Å². The maximum Gasteiger partial charge on any atom is 0.307 e. The number of Topliss-reactive ketones (excluding diaryl/α,β-unsaturated/α-hetero) is 5. The van der Waals surface area contributed by atoms with E-state index >= 15 is 0 Å². The molecule has 128 valence electrons. The van der Waals surface area contributed by atoms with Gasteiger partial charge in [-0.2, -0.15) is 0 Å². The van der Waals surface area contributed by atoms with Gasteiger partial charge in [0.15, 0.2) is 28.9 Å². The number of hydrogen-bond acceptors (Lipinski definition) is 9. The lowest BCUT2D eigenvalue weighted by atomic mass is 9.58. The molecule has 2 saturated carbocycles. The van der Waals surface area contributed by atoms with Gasteiger partial charge in [-0.25, -0.2) is 0 Å². The van der Waals surface area contributed by atoms with E-state index in [0.717, 1.165) is 0 Å². The van der Waals surface area contributed by atoms with Crippen LogP contribution in [-0.2, 0) is 33.5 Å². The Kier molecular flexibility index (Phi) is 3.37. The van der Waals surface area contributed by atoms with Gasteiger partial charge < -0.3 is 14.9 Å². The van der Waals surface area contributed by atoms with Crippen LogP contribution in [0.3, 0.4) is 0 Å². The SMILES string of the molecule is O=C1CCC(=O)C2(O1)C(=O)CCC(=O)C2(O)C1(O)C(=O)CCC1=O. The molecule has 2 aliphatic carbocycles. The van der Waals surface area contributed by atoms with E-state index in [4.69, 9.17) is 4.74 Å². The number of aliphatic hydroxyl groups is 2. The topological polar surface area (TPSA) is 152 Å². The Bertz CT molecular complexity index is 688. The summed E-state index contributed by atoms with van der Waals surface area (Å²) in [6, 6.07) is 0. The Morgan fingerprint density at radius 3 is 1.58 bits per heavy atom. The standard InChI is InChI=1S/C15H14O9/c16-7-1-2-8(17)13(7,22)15(23)11(20)4-3-9(18)14(15)10(19)5-6-12(21)24-14/h22-23H,1-6H2. The fourth-order valence-electron chi connectivity index (χ4n) is 3.74. The molecule has 3 rings (SSSR count). The molecule has 1 saturated heterocycles. The molecular formula is C15H14O9. The largest absolute Gasteiger partial charge is 0.439 e. The highest BCUT2D eigenvalue weighted by Gasteiger charge is 2.81. The predicted octanol–water partition coefficient (Wildman–Crippen LogP) is -2.04. The molecule has 0 bridgehead atoms. The molecule has 3 aliphatic rings. The lowest BCUT2D eigenvalue weighted by Crippen LogP contribution is -2.83. The number of rotatable bonds is 1. The van der Waals surface area contributed by atoms with Gasteiger partial charge in [0.05, 0.1) is 6.42 Å². The summed E-state index contributed by atoms with van der Waals surface area (Å²) in [5.41, 5.74) is -9.78. The van der Waals surface area contributed by atoms with Crippen LogP contribution in [0.5, 0.6) is 0 Å². The molecule has 1 spiro atoms. The number of esters is 1. The number of carbonyl (C=O) groups is 6. The minimum absolute atomic E-state index is 0.377. The first-order valence-corrected chi connectivity index (χ1v) is 7.45. The Balaban J connectivity index is 2.32. The van der Waals surface area contributed by atoms with Crippen LogP contribution in [0.25, 0.3) is 0 Å². The van der Waals surface area contributed by atoms with Gasteiger partial charge in [0, 0.05) is 32.1 Å². The molecule has 0 radical (unpaired) electrons. The minimum Gasteiger partial charge on any atom is -0.439 e. The van der Waals surface area contributed by atoms with E-state index in [-0.39, 0.29) is 6.42 Å². The molecule has 2 atom stereocenters. The zero-order valence-electron chi connectivity index (χ0n) is 12.5. The Labute approximate surface area is 135 Å². The lowest BCUT2D eigenvalue weighted by Gasteiger charge is -2.51. The van der Waals surface area contributed by atoms with Crippen molar-refractivity contribution in [1.29, 1.82) is 0 Å². The molecule has 2 unspecified atom stereocenters. The van der Waals surface area contributed by atoms with Crippen LogP contribution in [0.2, 0.25) is 0 Å². The van der Waals surface area contributed by atoms with Gasteiger partial charge >= 0.3 is 5.97 Å². The monoisotopic (exact) mass is 338 g/mol. The van der Waals surface area contributed by atoms with Crippen molar-refractivity contribution in [1.82, 2.24) is 0 Å². The smallest absolute Gasteiger partial charge is 0.307 e. The Hall–Kier alpha value is -2.26. The van der Waals surface area contributed by atoms with Gasteiger partial charge in [0.1, 0.15) is 0 Å². The molecule has 1 aliphatic heterocycles. The second-order valence-corrected chi connectivity index (χ2v) is 6.19. The average Bonchev–Trinajstić information content (AvgIpc) is 2.81. The van der Waals surface area contributed by atoms with Crippen molar-refractivity contribution in [2.45, 2.75) is 55.3 Å². The summed E-state index contributed by atoms with van der Waals surface area (Å²) in [7, 11) is 0. The van der Waals surface area contributed by atoms with Crippen molar-refractivity contribution >= 4 is 34.9 Å². The first kappa shape index (κ1) is 16.6. The third-order valence-corrected chi connectivity index (χ3v) is 5.01. The highest BCUT2D eigenvalue weighted by Crippen LogP contribution is 2.48. The molecule has 1 heterocycles. The van der Waals surface area contributed by atoms with Crippen molar-refractivity contribution < 1.29 is 43.7 Å². The molecule has 0 aromatic heterocycles. The summed E-state index contributed by atoms with van der Waals surface area (Å²) < 4.78 is 4.83. The highest BCUT2D eigenvalue weighted by molar-refractivity contribution is 6.29. The van der Waals surface area contributed by atoms with Gasteiger partial charge in [-0.1, -0.05) is 0 Å². The van der Waals surface area contributed by atoms with Crippen LogP contribution in [-0.4, -0.2) is 61.9 Å². The number of ketones is 5. The highest BCUT2D eigenvalue weighted by atomic mass is 16.6. The fraction of sp³-hybridized carbons (Fsp3) is 0.600. The number of carbonyl (C=O) groups excluding carboxylic acids is 6. The number of ether oxygens (including phenoxy) is 1. The first-order chi connectivity index (χ1) is 11.1. The molecule has 0 aromatic carbocycles. The zero-order chi connectivity index (χ0) is 17.9. The van der Waals surface area contributed by atoms with Gasteiger partial charge in [0.25, 0.3) is 5.60 Å². The van der Waals surface area contributed by atoms with E-state index in [0.29, 0.717) is 0 Å². The van der Waals surface area contributed by atoms with Crippen LogP contribution in [0.4, 0.5) is 0 Å². The number of hydrogen-bond donors (Lipinski definition) is 2. The molecule has 24 heavy (non-hydrogen) atoms. The summed E-state index contributed by atoms with van der Waals surface area (Å²) in [4.78, 5) is 73.3. The molecular weight excluding hydrogens is 324 g/mol. The molecule has 0 aromatic rings. The Morgan fingerprint density at radius 2 is 1.04 bits per heavy atom. The molecule has 3 fully saturated rings. The molecule has 2 N–H and O–H groups in total. The summed E-state index contributed by atoms with van der Waals surface area (Å²) in [5, 5.41) is 21.7. The van der Waals surface area contributed by atoms with Crippen molar-refractivity contribution in [2.75, 3.05) is 0 Å². The zero-order valence-corrected chi connectivity index (χ0v) is 12.5. The third-order valence-electron chi connectivity index (χ3n) is 5.01. The fourth-order valence-corrected chi connectivity index (χ4v) is 3.74. The summed E-state index contributed by atoms with van der Waals surface area (Å²) >= 11 is 0. The second-order valence-electron chi connectivity index (χ2n) is 6.19. The summed E-state index contributed by atoms with van der Waals surface area (Å²) in [5.74, 6) is -6.89. The normalized spacial score (nSPS) is 36.4. The van der Waals surface area contributed by atoms with Crippen LogP contribution in [0.15, 0.2) is 0 Å². The maximum atomic E-state index is 12.5. The van der Waals surface area contributed by atoms with Gasteiger partial charge in [0.2, 0.25) is 11.2 Å². The quantitative estimate of drug-likeness (QED) is 0.406. The second kappa shape index (κ2) is 4.87. The van der Waals surface area contributed by atoms with E-state index in [1.54, 1.807) is 0 Å². The maximum absolute atomic E-state index is 12.5. The van der Waals surface area contributed by atoms with E-state index < -0.39 is 83.8 Å².